The number of nitrogens with two attached hydrogens (primary N) is 1. The van der Waals surface area contributed by atoms with Crippen molar-refractivity contribution in [1.29, 1.82) is 0 Å². The van der Waals surface area contributed by atoms with Crippen LogP contribution >= 0.6 is 0 Å². The van der Waals surface area contributed by atoms with E-state index in [4.69, 9.17) is 5.73 Å². The van der Waals surface area contributed by atoms with E-state index >= 15 is 0 Å². The Hall–Kier alpha value is -1.02. The van der Waals surface area contributed by atoms with E-state index < -0.39 is 0 Å². The molecule has 2 nitrogen and oxygen atoms in total. The third-order valence-corrected chi connectivity index (χ3v) is 3.74. The van der Waals surface area contributed by atoms with Crippen molar-refractivity contribution < 1.29 is 0 Å². The normalized spacial score (nSPS) is 16.7. The molecule has 1 aromatic rings. The highest BCUT2D eigenvalue weighted by Crippen LogP contribution is 2.30. The van der Waals surface area contributed by atoms with Gasteiger partial charge in [0.2, 0.25) is 0 Å². The summed E-state index contributed by atoms with van der Waals surface area (Å²) in [6.45, 7) is 5.20. The second-order valence-corrected chi connectivity index (χ2v) is 5.31. The highest BCUT2D eigenvalue weighted by atomic mass is 15.2. The molecule has 0 radical (unpaired) electrons. The van der Waals surface area contributed by atoms with E-state index in [0.29, 0.717) is 12.6 Å². The molecule has 0 heterocycles. The van der Waals surface area contributed by atoms with Gasteiger partial charge in [0, 0.05) is 24.3 Å². The van der Waals surface area contributed by atoms with Gasteiger partial charge < -0.3 is 10.6 Å². The maximum absolute atomic E-state index is 5.64. The molecule has 1 aliphatic carbocycles. The minimum Gasteiger partial charge on any atom is -0.366 e. The number of anilines is 1. The Morgan fingerprint density at radius 3 is 2.24 bits per heavy atom. The Labute approximate surface area is 105 Å². The molecule has 1 aromatic carbocycles. The second kappa shape index (κ2) is 5.54. The lowest BCUT2D eigenvalue weighted by molar-refractivity contribution is 0.553. The first-order chi connectivity index (χ1) is 8.22. The van der Waals surface area contributed by atoms with Gasteiger partial charge in [0.1, 0.15) is 0 Å². The summed E-state index contributed by atoms with van der Waals surface area (Å²) in [6, 6.07) is 10.1. The van der Waals surface area contributed by atoms with E-state index in [-0.39, 0.29) is 0 Å². The highest BCUT2D eigenvalue weighted by Gasteiger charge is 2.24. The average molecular weight is 232 g/mol. The molecule has 0 amide bonds. The smallest absolute Gasteiger partial charge is 0.0371 e. The number of nitrogens with zero attached hydrogens (tertiary/aromatic N) is 1. The van der Waals surface area contributed by atoms with E-state index in [9.17, 15) is 0 Å². The van der Waals surface area contributed by atoms with Gasteiger partial charge in [-0.3, -0.25) is 0 Å². The van der Waals surface area contributed by atoms with Crippen LogP contribution < -0.4 is 10.6 Å². The first kappa shape index (κ1) is 12.4. The molecule has 17 heavy (non-hydrogen) atoms. The minimum absolute atomic E-state index is 0.571. The summed E-state index contributed by atoms with van der Waals surface area (Å²) in [4.78, 5) is 2.58. The summed E-state index contributed by atoms with van der Waals surface area (Å²) >= 11 is 0. The molecule has 0 saturated heterocycles. The van der Waals surface area contributed by atoms with Gasteiger partial charge in [-0.15, -0.1) is 0 Å². The van der Waals surface area contributed by atoms with Crippen LogP contribution in [0.15, 0.2) is 24.3 Å². The molecule has 0 bridgehead atoms. The maximum Gasteiger partial charge on any atom is 0.0371 e. The zero-order valence-corrected chi connectivity index (χ0v) is 11.0. The fraction of sp³-hybridized carbons (Fsp3) is 0.600. The van der Waals surface area contributed by atoms with Crippen molar-refractivity contribution in [2.45, 2.75) is 58.2 Å². The SMILES string of the molecule is CC(C)N(c1ccc(CN)cc1)C1CCCC1. The monoisotopic (exact) mass is 232 g/mol. The number of hydrogen-bond donors (Lipinski definition) is 1. The van der Waals surface area contributed by atoms with Crippen LogP contribution in [-0.4, -0.2) is 12.1 Å². The average Bonchev–Trinajstić information content (AvgIpc) is 2.83. The molecule has 94 valence electrons. The summed E-state index contributed by atoms with van der Waals surface area (Å²) in [6.07, 6.45) is 5.46. The lowest BCUT2D eigenvalue weighted by atomic mass is 10.1. The van der Waals surface area contributed by atoms with Gasteiger partial charge in [-0.1, -0.05) is 25.0 Å². The van der Waals surface area contributed by atoms with Crippen LogP contribution in [0.3, 0.4) is 0 Å². The van der Waals surface area contributed by atoms with Crippen molar-refractivity contribution >= 4 is 5.69 Å². The first-order valence-electron chi connectivity index (χ1n) is 6.79. The van der Waals surface area contributed by atoms with E-state index in [1.54, 1.807) is 0 Å². The van der Waals surface area contributed by atoms with Crippen molar-refractivity contribution in [2.24, 2.45) is 5.73 Å². The third-order valence-electron chi connectivity index (χ3n) is 3.74. The number of benzene rings is 1. The van der Waals surface area contributed by atoms with E-state index in [0.717, 1.165) is 6.04 Å². The molecular weight excluding hydrogens is 208 g/mol. The molecule has 0 spiro atoms. The van der Waals surface area contributed by atoms with Crippen LogP contribution in [0.2, 0.25) is 0 Å². The largest absolute Gasteiger partial charge is 0.366 e. The predicted molar refractivity (Wildman–Crippen MR) is 74.2 cm³/mol. The summed E-state index contributed by atoms with van der Waals surface area (Å²) in [7, 11) is 0. The molecule has 2 rings (SSSR count). The second-order valence-electron chi connectivity index (χ2n) is 5.31. The molecule has 2 heteroatoms. The molecule has 1 aliphatic rings. The molecular formula is C15H24N2. The standard InChI is InChI=1S/C15H24N2/c1-12(2)17(14-5-3-4-6-14)15-9-7-13(11-16)8-10-15/h7-10,12,14H,3-6,11,16H2,1-2H3. The summed E-state index contributed by atoms with van der Waals surface area (Å²) in [5.41, 5.74) is 8.21. The van der Waals surface area contributed by atoms with Gasteiger partial charge in [-0.25, -0.2) is 0 Å². The number of hydrogen-bond acceptors (Lipinski definition) is 2. The van der Waals surface area contributed by atoms with Crippen molar-refractivity contribution in [3.05, 3.63) is 29.8 Å². The Kier molecular flexibility index (Phi) is 4.06. The Bertz CT molecular complexity index is 336. The molecule has 0 atom stereocenters. The minimum atomic E-state index is 0.571. The maximum atomic E-state index is 5.64. The van der Waals surface area contributed by atoms with Gasteiger partial charge in [-0.2, -0.15) is 0 Å². The van der Waals surface area contributed by atoms with E-state index in [2.05, 4.69) is 43.0 Å². The van der Waals surface area contributed by atoms with Crippen molar-refractivity contribution in [3.8, 4) is 0 Å². The van der Waals surface area contributed by atoms with Crippen LogP contribution in [0.25, 0.3) is 0 Å². The predicted octanol–water partition coefficient (Wildman–Crippen LogP) is 3.30. The van der Waals surface area contributed by atoms with Crippen molar-refractivity contribution in [2.75, 3.05) is 4.90 Å². The van der Waals surface area contributed by atoms with Crippen LogP contribution in [0.5, 0.6) is 0 Å². The van der Waals surface area contributed by atoms with Gasteiger partial charge in [0.25, 0.3) is 0 Å². The summed E-state index contributed by atoms with van der Waals surface area (Å²) < 4.78 is 0. The molecule has 1 fully saturated rings. The Morgan fingerprint density at radius 2 is 1.76 bits per heavy atom. The fourth-order valence-corrected chi connectivity index (χ4v) is 2.92. The molecule has 2 N–H and O–H groups in total. The highest BCUT2D eigenvalue weighted by molar-refractivity contribution is 5.49. The summed E-state index contributed by atoms with van der Waals surface area (Å²) in [5.74, 6) is 0. The molecule has 1 saturated carbocycles. The molecule has 0 aliphatic heterocycles. The van der Waals surface area contributed by atoms with Crippen LogP contribution in [0, 0.1) is 0 Å². The van der Waals surface area contributed by atoms with Crippen molar-refractivity contribution in [1.82, 2.24) is 0 Å². The van der Waals surface area contributed by atoms with Crippen LogP contribution in [0.4, 0.5) is 5.69 Å². The first-order valence-corrected chi connectivity index (χ1v) is 6.79. The number of rotatable bonds is 4. The van der Waals surface area contributed by atoms with Gasteiger partial charge in [0.05, 0.1) is 0 Å². The Morgan fingerprint density at radius 1 is 1.18 bits per heavy atom. The van der Waals surface area contributed by atoms with Crippen LogP contribution in [-0.2, 0) is 6.54 Å². The molecule has 0 aromatic heterocycles. The zero-order chi connectivity index (χ0) is 12.3. The van der Waals surface area contributed by atoms with Gasteiger partial charge in [-0.05, 0) is 44.4 Å². The van der Waals surface area contributed by atoms with E-state index in [1.165, 1.54) is 36.9 Å². The lowest BCUT2D eigenvalue weighted by Gasteiger charge is -2.35. The fourth-order valence-electron chi connectivity index (χ4n) is 2.92. The Balaban J connectivity index is 2.19. The molecule has 0 unspecified atom stereocenters. The zero-order valence-electron chi connectivity index (χ0n) is 11.0. The topological polar surface area (TPSA) is 29.3 Å². The van der Waals surface area contributed by atoms with Gasteiger partial charge in [0.15, 0.2) is 0 Å². The van der Waals surface area contributed by atoms with Crippen molar-refractivity contribution in [3.63, 3.8) is 0 Å². The van der Waals surface area contributed by atoms with Crippen LogP contribution in [0.1, 0.15) is 45.1 Å². The quantitative estimate of drug-likeness (QED) is 0.863. The van der Waals surface area contributed by atoms with E-state index in [1.807, 2.05) is 0 Å². The summed E-state index contributed by atoms with van der Waals surface area (Å²) in [5, 5.41) is 0. The van der Waals surface area contributed by atoms with Gasteiger partial charge >= 0.3 is 0 Å². The third kappa shape index (κ3) is 2.81. The lowest BCUT2D eigenvalue weighted by Crippen LogP contribution is -2.39.